The van der Waals surface area contributed by atoms with Crippen LogP contribution in [0.2, 0.25) is 0 Å². The molecular formula is C23H30BrN3O5S. The van der Waals surface area contributed by atoms with Gasteiger partial charge in [0.25, 0.3) is 0 Å². The van der Waals surface area contributed by atoms with Gasteiger partial charge in [0.2, 0.25) is 21.8 Å². The number of hydrogen-bond donors (Lipinski definition) is 1. The van der Waals surface area contributed by atoms with Crippen molar-refractivity contribution in [1.82, 2.24) is 10.2 Å². The normalized spacial score (nSPS) is 12.2. The number of para-hydroxylation sites is 1. The number of sulfonamides is 1. The van der Waals surface area contributed by atoms with Crippen LogP contribution in [0.1, 0.15) is 26.3 Å². The number of carbonyl (C=O) groups excluding carboxylic acids is 2. The lowest BCUT2D eigenvalue weighted by molar-refractivity contribution is -0.139. The molecular weight excluding hydrogens is 510 g/mol. The summed E-state index contributed by atoms with van der Waals surface area (Å²) in [5, 5.41) is 2.81. The zero-order chi connectivity index (χ0) is 24.8. The number of amides is 2. The van der Waals surface area contributed by atoms with Crippen LogP contribution in [-0.2, 0) is 26.2 Å². The van der Waals surface area contributed by atoms with Crippen LogP contribution < -0.4 is 14.4 Å². The summed E-state index contributed by atoms with van der Waals surface area (Å²) in [6.07, 6.45) is 1.04. The van der Waals surface area contributed by atoms with Crippen LogP contribution in [0, 0.1) is 0 Å². The Balaban J connectivity index is 2.39. The molecule has 0 radical (unpaired) electrons. The molecule has 0 aliphatic heterocycles. The molecule has 0 fully saturated rings. The number of nitrogens with zero attached hydrogens (tertiary/aromatic N) is 2. The van der Waals surface area contributed by atoms with E-state index in [0.717, 1.165) is 16.1 Å². The van der Waals surface area contributed by atoms with Gasteiger partial charge in [-0.05, 0) is 66.5 Å². The molecule has 1 N–H and O–H groups in total. The first-order valence-electron chi connectivity index (χ1n) is 10.4. The number of anilines is 1. The van der Waals surface area contributed by atoms with Gasteiger partial charge in [0, 0.05) is 17.1 Å². The molecule has 0 aliphatic carbocycles. The van der Waals surface area contributed by atoms with Gasteiger partial charge in [-0.3, -0.25) is 13.9 Å². The highest BCUT2D eigenvalue weighted by Crippen LogP contribution is 2.28. The summed E-state index contributed by atoms with van der Waals surface area (Å²) < 4.78 is 31.9. The zero-order valence-electron chi connectivity index (χ0n) is 19.4. The van der Waals surface area contributed by atoms with E-state index in [9.17, 15) is 18.0 Å². The van der Waals surface area contributed by atoms with E-state index in [4.69, 9.17) is 4.74 Å². The molecule has 0 saturated heterocycles. The van der Waals surface area contributed by atoms with Crippen molar-refractivity contribution in [3.05, 3.63) is 58.6 Å². The Hall–Kier alpha value is -2.59. The van der Waals surface area contributed by atoms with Crippen LogP contribution in [0.25, 0.3) is 0 Å². The van der Waals surface area contributed by atoms with E-state index in [2.05, 4.69) is 21.2 Å². The second-order valence-corrected chi connectivity index (χ2v) is 10.7. The topological polar surface area (TPSA) is 96.0 Å². The molecule has 2 rings (SSSR count). The van der Waals surface area contributed by atoms with Crippen LogP contribution in [-0.4, -0.2) is 57.1 Å². The van der Waals surface area contributed by atoms with Crippen molar-refractivity contribution in [2.45, 2.75) is 39.4 Å². The Labute approximate surface area is 204 Å². The average molecular weight is 540 g/mol. The minimum Gasteiger partial charge on any atom is -0.497 e. The molecule has 0 aromatic heterocycles. The van der Waals surface area contributed by atoms with Gasteiger partial charge in [-0.25, -0.2) is 8.42 Å². The van der Waals surface area contributed by atoms with Crippen molar-refractivity contribution < 1.29 is 22.7 Å². The second-order valence-electron chi connectivity index (χ2n) is 7.93. The number of methoxy groups -OCH3 is 1. The van der Waals surface area contributed by atoms with Crippen LogP contribution in [0.3, 0.4) is 0 Å². The van der Waals surface area contributed by atoms with Gasteiger partial charge in [0.1, 0.15) is 18.3 Å². The fourth-order valence-electron chi connectivity index (χ4n) is 3.16. The summed E-state index contributed by atoms with van der Waals surface area (Å²) in [6.45, 7) is 4.97. The lowest BCUT2D eigenvalue weighted by Crippen LogP contribution is -2.52. The summed E-state index contributed by atoms with van der Waals surface area (Å²) in [5.74, 6) is -0.156. The SMILES string of the molecule is COc1ccc(CN(C(=O)CN(c2ccccc2Br)S(C)(=O)=O)[C@H](C)C(=O)NC(C)C)cc1. The average Bonchev–Trinajstić information content (AvgIpc) is 2.75. The molecule has 0 spiro atoms. The Morgan fingerprint density at radius 1 is 1.06 bits per heavy atom. The molecule has 2 aromatic rings. The summed E-state index contributed by atoms with van der Waals surface area (Å²) in [5.41, 5.74) is 1.12. The van der Waals surface area contributed by atoms with Crippen molar-refractivity contribution >= 4 is 43.5 Å². The minimum absolute atomic E-state index is 0.106. The van der Waals surface area contributed by atoms with Crippen LogP contribution in [0.5, 0.6) is 5.75 Å². The first kappa shape index (κ1) is 26.7. The molecule has 33 heavy (non-hydrogen) atoms. The van der Waals surface area contributed by atoms with Gasteiger partial charge in [-0.15, -0.1) is 0 Å². The van der Waals surface area contributed by atoms with E-state index in [1.165, 1.54) is 4.90 Å². The van der Waals surface area contributed by atoms with Crippen LogP contribution in [0.15, 0.2) is 53.0 Å². The van der Waals surface area contributed by atoms with Gasteiger partial charge < -0.3 is 15.0 Å². The van der Waals surface area contributed by atoms with E-state index in [0.29, 0.717) is 15.9 Å². The lowest BCUT2D eigenvalue weighted by Gasteiger charge is -2.32. The number of carbonyl (C=O) groups is 2. The van der Waals surface area contributed by atoms with Gasteiger partial charge in [-0.2, -0.15) is 0 Å². The maximum absolute atomic E-state index is 13.4. The highest BCUT2D eigenvalue weighted by Gasteiger charge is 2.30. The third-order valence-electron chi connectivity index (χ3n) is 4.91. The molecule has 180 valence electrons. The summed E-state index contributed by atoms with van der Waals surface area (Å²) in [6, 6.07) is 13.0. The van der Waals surface area contributed by atoms with E-state index < -0.39 is 28.5 Å². The predicted molar refractivity (Wildman–Crippen MR) is 133 cm³/mol. The molecule has 2 amide bonds. The van der Waals surface area contributed by atoms with Crippen molar-refractivity contribution in [3.8, 4) is 5.75 Å². The van der Waals surface area contributed by atoms with Gasteiger partial charge in [-0.1, -0.05) is 24.3 Å². The fourth-order valence-corrected chi connectivity index (χ4v) is 4.64. The maximum atomic E-state index is 13.4. The number of hydrogen-bond acceptors (Lipinski definition) is 5. The first-order valence-corrected chi connectivity index (χ1v) is 13.0. The van der Waals surface area contributed by atoms with Gasteiger partial charge >= 0.3 is 0 Å². The summed E-state index contributed by atoms with van der Waals surface area (Å²) in [4.78, 5) is 27.6. The van der Waals surface area contributed by atoms with E-state index in [1.54, 1.807) is 62.6 Å². The molecule has 0 unspecified atom stereocenters. The molecule has 2 aromatic carbocycles. The lowest BCUT2D eigenvalue weighted by atomic mass is 10.1. The van der Waals surface area contributed by atoms with Gasteiger partial charge in [0.15, 0.2) is 0 Å². The predicted octanol–water partition coefficient (Wildman–Crippen LogP) is 3.17. The van der Waals surface area contributed by atoms with Crippen LogP contribution in [0.4, 0.5) is 5.69 Å². The third kappa shape index (κ3) is 7.46. The summed E-state index contributed by atoms with van der Waals surface area (Å²) in [7, 11) is -2.22. The highest BCUT2D eigenvalue weighted by atomic mass is 79.9. The second kappa shape index (κ2) is 11.5. The van der Waals surface area contributed by atoms with Crippen molar-refractivity contribution in [1.29, 1.82) is 0 Å². The maximum Gasteiger partial charge on any atom is 0.244 e. The quantitative estimate of drug-likeness (QED) is 0.500. The van der Waals surface area contributed by atoms with E-state index in [-0.39, 0.29) is 18.5 Å². The van der Waals surface area contributed by atoms with Crippen molar-refractivity contribution in [2.75, 3.05) is 24.2 Å². The Morgan fingerprint density at radius 2 is 1.67 bits per heavy atom. The third-order valence-corrected chi connectivity index (χ3v) is 6.71. The summed E-state index contributed by atoms with van der Waals surface area (Å²) >= 11 is 3.36. The monoisotopic (exact) mass is 539 g/mol. The Bertz CT molecular complexity index is 1070. The molecule has 10 heteroatoms. The van der Waals surface area contributed by atoms with Gasteiger partial charge in [0.05, 0.1) is 19.1 Å². The smallest absolute Gasteiger partial charge is 0.244 e. The molecule has 0 heterocycles. The van der Waals surface area contributed by atoms with Crippen molar-refractivity contribution in [3.63, 3.8) is 0 Å². The van der Waals surface area contributed by atoms with Crippen LogP contribution >= 0.6 is 15.9 Å². The molecule has 0 saturated carbocycles. The van der Waals surface area contributed by atoms with Crippen molar-refractivity contribution in [2.24, 2.45) is 0 Å². The molecule has 1 atom stereocenters. The molecule has 0 aliphatic rings. The Morgan fingerprint density at radius 3 is 2.18 bits per heavy atom. The largest absolute Gasteiger partial charge is 0.497 e. The fraction of sp³-hybridized carbons (Fsp3) is 0.391. The molecule has 8 nitrogen and oxygen atoms in total. The number of halogens is 1. The molecule has 0 bridgehead atoms. The number of rotatable bonds is 10. The Kier molecular flexibility index (Phi) is 9.30. The first-order chi connectivity index (χ1) is 15.4. The number of benzene rings is 2. The zero-order valence-corrected chi connectivity index (χ0v) is 21.8. The van der Waals surface area contributed by atoms with E-state index >= 15 is 0 Å². The van der Waals surface area contributed by atoms with E-state index in [1.807, 2.05) is 13.8 Å². The number of ether oxygens (including phenoxy) is 1. The minimum atomic E-state index is -3.78. The highest BCUT2D eigenvalue weighted by molar-refractivity contribution is 9.10. The standard InChI is InChI=1S/C23H30BrN3O5S/c1-16(2)25-23(29)17(3)26(14-18-10-12-19(32-4)13-11-18)22(28)15-27(33(5,30)31)21-9-7-6-8-20(21)24/h6-13,16-17H,14-15H2,1-5H3,(H,25,29)/t17-/m1/s1. The number of nitrogens with one attached hydrogen (secondary N) is 1.